The van der Waals surface area contributed by atoms with Crippen LogP contribution in [0.25, 0.3) is 11.3 Å². The second-order valence-electron chi connectivity index (χ2n) is 5.29. The number of hydrogen-bond donors (Lipinski definition) is 1. The molecule has 0 saturated heterocycles. The van der Waals surface area contributed by atoms with Crippen LogP contribution in [0.3, 0.4) is 0 Å². The minimum atomic E-state index is 0.653. The number of aromatic nitrogens is 4. The molecule has 0 aliphatic rings. The molecule has 2 heterocycles. The first kappa shape index (κ1) is 14.3. The average Bonchev–Trinajstić information content (AvgIpc) is 2.96. The highest BCUT2D eigenvalue weighted by molar-refractivity contribution is 5.62. The highest BCUT2D eigenvalue weighted by Crippen LogP contribution is 2.20. The summed E-state index contributed by atoms with van der Waals surface area (Å²) in [5, 5.41) is 7.49. The van der Waals surface area contributed by atoms with Gasteiger partial charge in [-0.3, -0.25) is 4.68 Å². The fourth-order valence-electron chi connectivity index (χ4n) is 2.33. The van der Waals surface area contributed by atoms with E-state index < -0.39 is 0 Å². The van der Waals surface area contributed by atoms with E-state index in [1.165, 1.54) is 5.56 Å². The van der Waals surface area contributed by atoms with Gasteiger partial charge in [-0.1, -0.05) is 30.3 Å². The summed E-state index contributed by atoms with van der Waals surface area (Å²) in [4.78, 5) is 8.96. The van der Waals surface area contributed by atoms with E-state index in [1.54, 1.807) is 4.68 Å². The van der Waals surface area contributed by atoms with Gasteiger partial charge in [-0.05, 0) is 24.5 Å². The van der Waals surface area contributed by atoms with E-state index in [1.807, 2.05) is 38.6 Å². The molecular formula is C17H19N5. The predicted octanol–water partition coefficient (Wildman–Crippen LogP) is 2.84. The van der Waals surface area contributed by atoms with E-state index >= 15 is 0 Å². The molecule has 112 valence electrons. The Morgan fingerprint density at radius 3 is 2.68 bits per heavy atom. The molecule has 2 aromatic heterocycles. The molecule has 0 fully saturated rings. The van der Waals surface area contributed by atoms with E-state index in [-0.39, 0.29) is 0 Å². The fraction of sp³-hybridized carbons (Fsp3) is 0.235. The molecule has 0 saturated carbocycles. The minimum absolute atomic E-state index is 0.653. The number of nitrogens with one attached hydrogen (secondary N) is 1. The van der Waals surface area contributed by atoms with Crippen molar-refractivity contribution in [2.24, 2.45) is 7.05 Å². The standard InChI is InChI=1S/C17H19N5/c1-13-10-19-17(18-9-8-14-6-4-3-5-7-14)21-16(13)15-11-20-22(2)12-15/h3-7,10-12H,8-9H2,1-2H3,(H,18,19,21). The van der Waals surface area contributed by atoms with Gasteiger partial charge in [-0.25, -0.2) is 9.97 Å². The highest BCUT2D eigenvalue weighted by atomic mass is 15.2. The summed E-state index contributed by atoms with van der Waals surface area (Å²) >= 11 is 0. The van der Waals surface area contributed by atoms with Gasteiger partial charge >= 0.3 is 0 Å². The summed E-state index contributed by atoms with van der Waals surface area (Å²) in [6, 6.07) is 10.4. The van der Waals surface area contributed by atoms with Crippen molar-refractivity contribution in [3.8, 4) is 11.3 Å². The van der Waals surface area contributed by atoms with Crippen molar-refractivity contribution in [1.82, 2.24) is 19.7 Å². The highest BCUT2D eigenvalue weighted by Gasteiger charge is 2.08. The van der Waals surface area contributed by atoms with Crippen LogP contribution in [-0.4, -0.2) is 26.3 Å². The van der Waals surface area contributed by atoms with E-state index in [9.17, 15) is 0 Å². The van der Waals surface area contributed by atoms with Crippen LogP contribution in [0.2, 0.25) is 0 Å². The second-order valence-corrected chi connectivity index (χ2v) is 5.29. The predicted molar refractivity (Wildman–Crippen MR) is 87.6 cm³/mol. The van der Waals surface area contributed by atoms with Crippen molar-refractivity contribution in [3.63, 3.8) is 0 Å². The lowest BCUT2D eigenvalue weighted by Crippen LogP contribution is -2.08. The molecular weight excluding hydrogens is 274 g/mol. The van der Waals surface area contributed by atoms with Crippen LogP contribution in [0.4, 0.5) is 5.95 Å². The van der Waals surface area contributed by atoms with E-state index in [0.717, 1.165) is 29.8 Å². The Morgan fingerprint density at radius 1 is 1.14 bits per heavy atom. The molecule has 3 aromatic rings. The maximum Gasteiger partial charge on any atom is 0.223 e. The summed E-state index contributed by atoms with van der Waals surface area (Å²) in [5.74, 6) is 0.653. The van der Waals surface area contributed by atoms with Gasteiger partial charge in [0.25, 0.3) is 0 Å². The van der Waals surface area contributed by atoms with Gasteiger partial charge < -0.3 is 5.32 Å². The first-order valence-electron chi connectivity index (χ1n) is 7.33. The number of benzene rings is 1. The molecule has 0 unspecified atom stereocenters. The number of aryl methyl sites for hydroxylation is 2. The second kappa shape index (κ2) is 6.39. The van der Waals surface area contributed by atoms with Crippen LogP contribution in [0.15, 0.2) is 48.9 Å². The van der Waals surface area contributed by atoms with Gasteiger partial charge in [0.05, 0.1) is 11.9 Å². The lowest BCUT2D eigenvalue weighted by Gasteiger charge is -2.08. The molecule has 3 rings (SSSR count). The zero-order chi connectivity index (χ0) is 15.4. The number of hydrogen-bond acceptors (Lipinski definition) is 4. The smallest absolute Gasteiger partial charge is 0.223 e. The van der Waals surface area contributed by atoms with E-state index in [0.29, 0.717) is 5.95 Å². The van der Waals surface area contributed by atoms with Crippen molar-refractivity contribution < 1.29 is 0 Å². The summed E-state index contributed by atoms with van der Waals surface area (Å²) in [6.45, 7) is 2.82. The first-order valence-corrected chi connectivity index (χ1v) is 7.33. The van der Waals surface area contributed by atoms with Crippen molar-refractivity contribution in [2.75, 3.05) is 11.9 Å². The van der Waals surface area contributed by atoms with Crippen molar-refractivity contribution in [2.45, 2.75) is 13.3 Å². The lowest BCUT2D eigenvalue weighted by atomic mass is 10.1. The van der Waals surface area contributed by atoms with Gasteiger partial charge in [0.1, 0.15) is 0 Å². The zero-order valence-electron chi connectivity index (χ0n) is 12.8. The molecule has 0 radical (unpaired) electrons. The SMILES string of the molecule is Cc1cnc(NCCc2ccccc2)nc1-c1cnn(C)c1. The maximum absolute atomic E-state index is 4.61. The largest absolute Gasteiger partial charge is 0.354 e. The summed E-state index contributed by atoms with van der Waals surface area (Å²) in [6.07, 6.45) is 6.58. The van der Waals surface area contributed by atoms with Crippen LogP contribution < -0.4 is 5.32 Å². The molecule has 0 aliphatic heterocycles. The summed E-state index contributed by atoms with van der Waals surface area (Å²) in [7, 11) is 1.90. The third kappa shape index (κ3) is 3.31. The zero-order valence-corrected chi connectivity index (χ0v) is 12.8. The fourth-order valence-corrected chi connectivity index (χ4v) is 2.33. The first-order chi connectivity index (χ1) is 10.7. The Labute approximate surface area is 130 Å². The van der Waals surface area contributed by atoms with Crippen LogP contribution in [-0.2, 0) is 13.5 Å². The van der Waals surface area contributed by atoms with Crippen LogP contribution in [0, 0.1) is 6.92 Å². The van der Waals surface area contributed by atoms with Crippen LogP contribution in [0.1, 0.15) is 11.1 Å². The topological polar surface area (TPSA) is 55.6 Å². The Bertz CT molecular complexity index is 749. The Kier molecular flexibility index (Phi) is 4.14. The van der Waals surface area contributed by atoms with Gasteiger partial charge in [0, 0.05) is 31.5 Å². The van der Waals surface area contributed by atoms with Crippen molar-refractivity contribution >= 4 is 5.95 Å². The third-order valence-corrected chi connectivity index (χ3v) is 3.49. The summed E-state index contributed by atoms with van der Waals surface area (Å²) in [5.41, 5.74) is 4.27. The number of anilines is 1. The molecule has 5 nitrogen and oxygen atoms in total. The average molecular weight is 293 g/mol. The summed E-state index contributed by atoms with van der Waals surface area (Å²) < 4.78 is 1.78. The molecule has 0 bridgehead atoms. The van der Waals surface area contributed by atoms with Crippen LogP contribution in [0.5, 0.6) is 0 Å². The molecule has 1 aromatic carbocycles. The van der Waals surface area contributed by atoms with Gasteiger partial charge in [-0.15, -0.1) is 0 Å². The Balaban J connectivity index is 1.70. The Hall–Kier alpha value is -2.69. The lowest BCUT2D eigenvalue weighted by molar-refractivity contribution is 0.768. The molecule has 0 spiro atoms. The van der Waals surface area contributed by atoms with Gasteiger partial charge in [-0.2, -0.15) is 5.10 Å². The van der Waals surface area contributed by atoms with Gasteiger partial charge in [0.15, 0.2) is 0 Å². The molecule has 0 aliphatic carbocycles. The molecule has 0 amide bonds. The molecule has 22 heavy (non-hydrogen) atoms. The quantitative estimate of drug-likeness (QED) is 0.786. The van der Waals surface area contributed by atoms with Crippen molar-refractivity contribution in [3.05, 3.63) is 60.0 Å². The monoisotopic (exact) mass is 293 g/mol. The number of rotatable bonds is 5. The normalized spacial score (nSPS) is 10.6. The maximum atomic E-state index is 4.61. The molecule has 0 atom stereocenters. The minimum Gasteiger partial charge on any atom is -0.354 e. The molecule has 5 heteroatoms. The van der Waals surface area contributed by atoms with Gasteiger partial charge in [0.2, 0.25) is 5.95 Å². The van der Waals surface area contributed by atoms with Crippen molar-refractivity contribution in [1.29, 1.82) is 0 Å². The molecule has 1 N–H and O–H groups in total. The third-order valence-electron chi connectivity index (χ3n) is 3.49. The van der Waals surface area contributed by atoms with E-state index in [2.05, 4.69) is 44.6 Å². The Morgan fingerprint density at radius 2 is 1.95 bits per heavy atom. The van der Waals surface area contributed by atoms with Crippen LogP contribution >= 0.6 is 0 Å². The number of nitrogens with zero attached hydrogens (tertiary/aromatic N) is 4. The van der Waals surface area contributed by atoms with E-state index in [4.69, 9.17) is 0 Å².